The van der Waals surface area contributed by atoms with E-state index in [4.69, 9.17) is 10.7 Å². The molecule has 0 saturated heterocycles. The van der Waals surface area contributed by atoms with E-state index in [9.17, 15) is 4.79 Å². The Morgan fingerprint density at radius 3 is 2.47 bits per heavy atom. The van der Waals surface area contributed by atoms with Gasteiger partial charge in [0.15, 0.2) is 0 Å². The molecule has 32 heavy (non-hydrogen) atoms. The van der Waals surface area contributed by atoms with Crippen molar-refractivity contribution in [2.45, 2.75) is 24.8 Å². The second kappa shape index (κ2) is 8.09. The Kier molecular flexibility index (Phi) is 5.11. The van der Waals surface area contributed by atoms with Gasteiger partial charge < -0.3 is 10.5 Å². The summed E-state index contributed by atoms with van der Waals surface area (Å²) in [5, 5.41) is 0. The van der Waals surface area contributed by atoms with Gasteiger partial charge in [-0.3, -0.25) is 4.40 Å². The fraction of sp³-hybridized carbons (Fsp3) is 0.185. The summed E-state index contributed by atoms with van der Waals surface area (Å²) in [5.41, 5.74) is 13.3. The molecule has 0 unspecified atom stereocenters. The molecule has 2 N–H and O–H groups in total. The van der Waals surface area contributed by atoms with Crippen LogP contribution in [0.25, 0.3) is 34.2 Å². The number of nitrogens with zero attached hydrogens (tertiary/aromatic N) is 2. The van der Waals surface area contributed by atoms with Crippen LogP contribution in [0, 0.1) is 0 Å². The number of esters is 1. The molecule has 0 spiro atoms. The Morgan fingerprint density at radius 2 is 1.81 bits per heavy atom. The highest BCUT2D eigenvalue weighted by molar-refractivity contribution is 5.87. The molecule has 0 aliphatic heterocycles. The van der Waals surface area contributed by atoms with Gasteiger partial charge in [-0.05, 0) is 48.6 Å². The van der Waals surface area contributed by atoms with E-state index in [0.717, 1.165) is 46.6 Å². The minimum atomic E-state index is -0.386. The predicted octanol–water partition coefficient (Wildman–Crippen LogP) is 5.19. The molecule has 2 aromatic heterocycles. The topological polar surface area (TPSA) is 69.6 Å². The zero-order valence-electron chi connectivity index (χ0n) is 18.0. The zero-order valence-corrected chi connectivity index (χ0v) is 18.0. The van der Waals surface area contributed by atoms with Crippen LogP contribution in [0.15, 0.2) is 79.0 Å². The van der Waals surface area contributed by atoms with Gasteiger partial charge in [0.25, 0.3) is 0 Å². The highest BCUT2D eigenvalue weighted by Gasteiger charge is 2.34. The molecular weight excluding hydrogens is 398 g/mol. The fourth-order valence-electron chi connectivity index (χ4n) is 4.28. The van der Waals surface area contributed by atoms with Crippen molar-refractivity contribution in [2.24, 2.45) is 5.73 Å². The van der Waals surface area contributed by atoms with Crippen molar-refractivity contribution in [1.82, 2.24) is 9.38 Å². The van der Waals surface area contributed by atoms with Gasteiger partial charge in [0.2, 0.25) is 0 Å². The van der Waals surface area contributed by atoms with Crippen LogP contribution in [0.3, 0.4) is 0 Å². The molecule has 5 rings (SSSR count). The number of rotatable bonds is 5. The smallest absolute Gasteiger partial charge is 0.330 e. The number of carbonyl (C=O) groups excluding carboxylic acids is 1. The number of imidazole rings is 1. The lowest BCUT2D eigenvalue weighted by atomic mass is 9.72. The maximum atomic E-state index is 11.5. The Balaban J connectivity index is 1.62. The van der Waals surface area contributed by atoms with Crippen LogP contribution in [0.1, 0.15) is 30.4 Å². The van der Waals surface area contributed by atoms with Crippen LogP contribution in [-0.4, -0.2) is 22.5 Å². The summed E-state index contributed by atoms with van der Waals surface area (Å²) in [6.07, 6.45) is 8.40. The van der Waals surface area contributed by atoms with E-state index >= 15 is 0 Å². The second-order valence-electron chi connectivity index (χ2n) is 8.31. The molecule has 0 atom stereocenters. The van der Waals surface area contributed by atoms with Crippen molar-refractivity contribution in [3.05, 3.63) is 90.1 Å². The van der Waals surface area contributed by atoms with Crippen molar-refractivity contribution in [2.75, 3.05) is 7.11 Å². The molecule has 4 aromatic rings. The van der Waals surface area contributed by atoms with Gasteiger partial charge in [-0.15, -0.1) is 0 Å². The second-order valence-corrected chi connectivity index (χ2v) is 8.31. The van der Waals surface area contributed by atoms with E-state index < -0.39 is 0 Å². The van der Waals surface area contributed by atoms with E-state index in [1.54, 1.807) is 6.08 Å². The Hall–Kier alpha value is -3.70. The molecule has 160 valence electrons. The van der Waals surface area contributed by atoms with E-state index in [-0.39, 0.29) is 11.5 Å². The Morgan fingerprint density at radius 1 is 1.06 bits per heavy atom. The van der Waals surface area contributed by atoms with Crippen LogP contribution in [0.5, 0.6) is 0 Å². The summed E-state index contributed by atoms with van der Waals surface area (Å²) in [6.45, 7) is 0. The number of fused-ring (bicyclic) bond motifs is 1. The first-order chi connectivity index (χ1) is 15.6. The molecule has 1 aliphatic rings. The molecule has 0 bridgehead atoms. The number of aromatic nitrogens is 2. The number of methoxy groups -OCH3 is 1. The first-order valence-corrected chi connectivity index (χ1v) is 10.8. The van der Waals surface area contributed by atoms with Crippen molar-refractivity contribution in [3.63, 3.8) is 0 Å². The number of hydrogen-bond acceptors (Lipinski definition) is 4. The molecule has 1 aliphatic carbocycles. The van der Waals surface area contributed by atoms with Crippen molar-refractivity contribution in [1.29, 1.82) is 0 Å². The van der Waals surface area contributed by atoms with E-state index in [1.165, 1.54) is 25.2 Å². The quantitative estimate of drug-likeness (QED) is 0.354. The number of pyridine rings is 1. The molecule has 0 amide bonds. The lowest BCUT2D eigenvalue weighted by Crippen LogP contribution is -2.43. The van der Waals surface area contributed by atoms with E-state index in [2.05, 4.69) is 45.5 Å². The Labute approximate surface area is 187 Å². The molecule has 5 heteroatoms. The lowest BCUT2D eigenvalue weighted by Gasteiger charge is -2.38. The van der Waals surface area contributed by atoms with E-state index in [1.807, 2.05) is 36.5 Å². The van der Waals surface area contributed by atoms with Crippen LogP contribution in [0.2, 0.25) is 0 Å². The molecular formula is C27H25N3O2. The lowest BCUT2D eigenvalue weighted by molar-refractivity contribution is -0.134. The number of carbonyl (C=O) groups is 1. The van der Waals surface area contributed by atoms with Gasteiger partial charge in [-0.2, -0.15) is 0 Å². The normalized spacial score (nSPS) is 15.1. The van der Waals surface area contributed by atoms with Crippen molar-refractivity contribution < 1.29 is 9.53 Å². The number of ether oxygens (including phenoxy) is 1. The molecule has 1 saturated carbocycles. The minimum absolute atomic E-state index is 0.180. The number of benzene rings is 2. The van der Waals surface area contributed by atoms with Gasteiger partial charge >= 0.3 is 5.97 Å². The van der Waals surface area contributed by atoms with Crippen LogP contribution >= 0.6 is 0 Å². The average Bonchev–Trinajstić information content (AvgIpc) is 3.20. The van der Waals surface area contributed by atoms with Gasteiger partial charge in [0.05, 0.1) is 18.5 Å². The minimum Gasteiger partial charge on any atom is -0.466 e. The maximum Gasteiger partial charge on any atom is 0.330 e. The summed E-state index contributed by atoms with van der Waals surface area (Å²) < 4.78 is 6.78. The molecule has 1 fully saturated rings. The van der Waals surface area contributed by atoms with Crippen molar-refractivity contribution in [3.8, 4) is 22.5 Å². The zero-order chi connectivity index (χ0) is 22.1. The monoisotopic (exact) mass is 423 g/mol. The third kappa shape index (κ3) is 3.61. The van der Waals surface area contributed by atoms with Gasteiger partial charge in [0, 0.05) is 28.9 Å². The molecule has 2 aromatic carbocycles. The largest absolute Gasteiger partial charge is 0.466 e. The van der Waals surface area contributed by atoms with Gasteiger partial charge in [-0.25, -0.2) is 9.78 Å². The van der Waals surface area contributed by atoms with Crippen LogP contribution in [-0.2, 0) is 15.1 Å². The highest BCUT2D eigenvalue weighted by Crippen LogP contribution is 2.40. The summed E-state index contributed by atoms with van der Waals surface area (Å²) in [4.78, 5) is 16.4. The molecule has 0 radical (unpaired) electrons. The molecule has 5 nitrogen and oxygen atoms in total. The van der Waals surface area contributed by atoms with Crippen molar-refractivity contribution >= 4 is 17.7 Å². The fourth-order valence-corrected chi connectivity index (χ4v) is 4.28. The summed E-state index contributed by atoms with van der Waals surface area (Å²) in [7, 11) is 1.37. The van der Waals surface area contributed by atoms with E-state index in [0.29, 0.717) is 0 Å². The van der Waals surface area contributed by atoms with Crippen LogP contribution < -0.4 is 5.73 Å². The number of nitrogens with two attached hydrogens (primary N) is 1. The van der Waals surface area contributed by atoms with Crippen LogP contribution in [0.4, 0.5) is 0 Å². The third-order valence-corrected chi connectivity index (χ3v) is 6.29. The summed E-state index contributed by atoms with van der Waals surface area (Å²) in [5.74, 6) is -0.386. The Bertz CT molecular complexity index is 1300. The standard InChI is InChI=1S/C27H25N3O2/c1-32-24(31)13-8-19-14-17-30-23(18-19)29-25(26(30)21-6-3-2-4-7-21)20-9-11-22(12-10-20)27(28)15-5-16-27/h2-4,6-14,17-18H,5,15-16,28H2,1H3/b13-8+. The SMILES string of the molecule is COC(=O)/C=C/c1ccn2c(-c3ccccc3)c(-c3ccc(C4(N)CCC4)cc3)nc2c1. The highest BCUT2D eigenvalue weighted by atomic mass is 16.5. The van der Waals surface area contributed by atoms with Gasteiger partial charge in [-0.1, -0.05) is 54.6 Å². The summed E-state index contributed by atoms with van der Waals surface area (Å²) in [6, 6.07) is 22.7. The summed E-state index contributed by atoms with van der Waals surface area (Å²) >= 11 is 0. The first kappa shape index (κ1) is 20.2. The average molecular weight is 424 g/mol. The number of hydrogen-bond donors (Lipinski definition) is 1. The predicted molar refractivity (Wildman–Crippen MR) is 127 cm³/mol. The third-order valence-electron chi connectivity index (χ3n) is 6.29. The first-order valence-electron chi connectivity index (χ1n) is 10.8. The van der Waals surface area contributed by atoms with Gasteiger partial charge in [0.1, 0.15) is 5.65 Å². The maximum absolute atomic E-state index is 11.5. The molecule has 2 heterocycles.